The number of aliphatic hydroxyl groups is 1. The van der Waals surface area contributed by atoms with E-state index in [1.54, 1.807) is 14.2 Å². The summed E-state index contributed by atoms with van der Waals surface area (Å²) in [7, 11) is 3.30. The SMILES string of the molecule is CNc1ncnc(NC(C)CO)c1OC. The van der Waals surface area contributed by atoms with Crippen LogP contribution in [0.25, 0.3) is 0 Å². The first-order valence-electron chi connectivity index (χ1n) is 4.67. The summed E-state index contributed by atoms with van der Waals surface area (Å²) in [6.45, 7) is 1.88. The normalized spacial score (nSPS) is 12.0. The van der Waals surface area contributed by atoms with Gasteiger partial charge in [-0.2, -0.15) is 0 Å². The molecule has 1 rings (SSSR count). The minimum atomic E-state index is -0.0847. The third kappa shape index (κ3) is 2.69. The quantitative estimate of drug-likeness (QED) is 0.652. The van der Waals surface area contributed by atoms with Crippen LogP contribution in [0.1, 0.15) is 6.92 Å². The monoisotopic (exact) mass is 212 g/mol. The molecule has 15 heavy (non-hydrogen) atoms. The molecule has 0 aliphatic rings. The average molecular weight is 212 g/mol. The van der Waals surface area contributed by atoms with E-state index in [1.807, 2.05) is 6.92 Å². The fourth-order valence-corrected chi connectivity index (χ4v) is 1.13. The third-order valence-electron chi connectivity index (χ3n) is 1.90. The van der Waals surface area contributed by atoms with Gasteiger partial charge in [0.1, 0.15) is 6.33 Å². The van der Waals surface area contributed by atoms with Crippen molar-refractivity contribution >= 4 is 11.6 Å². The average Bonchev–Trinajstić information content (AvgIpc) is 2.28. The molecule has 0 aliphatic heterocycles. The summed E-state index contributed by atoms with van der Waals surface area (Å²) in [6, 6.07) is -0.0847. The summed E-state index contributed by atoms with van der Waals surface area (Å²) >= 11 is 0. The summed E-state index contributed by atoms with van der Waals surface area (Å²) in [4.78, 5) is 8.06. The number of ether oxygens (including phenoxy) is 1. The van der Waals surface area contributed by atoms with Crippen LogP contribution < -0.4 is 15.4 Å². The molecule has 1 heterocycles. The predicted molar refractivity (Wildman–Crippen MR) is 58.3 cm³/mol. The molecular weight excluding hydrogens is 196 g/mol. The highest BCUT2D eigenvalue weighted by molar-refractivity contribution is 5.63. The van der Waals surface area contributed by atoms with E-state index in [-0.39, 0.29) is 12.6 Å². The molecule has 0 spiro atoms. The van der Waals surface area contributed by atoms with Gasteiger partial charge in [-0.1, -0.05) is 0 Å². The first-order valence-corrected chi connectivity index (χ1v) is 4.67. The summed E-state index contributed by atoms with van der Waals surface area (Å²) in [5.41, 5.74) is 0. The number of nitrogens with one attached hydrogen (secondary N) is 2. The van der Waals surface area contributed by atoms with E-state index < -0.39 is 0 Å². The van der Waals surface area contributed by atoms with E-state index >= 15 is 0 Å². The number of anilines is 2. The van der Waals surface area contributed by atoms with Gasteiger partial charge in [0, 0.05) is 13.1 Å². The van der Waals surface area contributed by atoms with Crippen molar-refractivity contribution in [1.29, 1.82) is 0 Å². The van der Waals surface area contributed by atoms with Crippen LogP contribution >= 0.6 is 0 Å². The molecule has 1 atom stereocenters. The van der Waals surface area contributed by atoms with Crippen LogP contribution in [-0.2, 0) is 0 Å². The molecule has 0 radical (unpaired) electrons. The van der Waals surface area contributed by atoms with Gasteiger partial charge in [-0.25, -0.2) is 9.97 Å². The summed E-state index contributed by atoms with van der Waals surface area (Å²) < 4.78 is 5.18. The number of aliphatic hydroxyl groups excluding tert-OH is 1. The Morgan fingerprint density at radius 2 is 2.13 bits per heavy atom. The van der Waals surface area contributed by atoms with Gasteiger partial charge < -0.3 is 20.5 Å². The maximum atomic E-state index is 8.92. The van der Waals surface area contributed by atoms with E-state index in [0.29, 0.717) is 17.4 Å². The van der Waals surface area contributed by atoms with Crippen LogP contribution in [0, 0.1) is 0 Å². The zero-order valence-electron chi connectivity index (χ0n) is 9.11. The van der Waals surface area contributed by atoms with E-state index in [1.165, 1.54) is 6.33 Å². The molecule has 1 unspecified atom stereocenters. The molecule has 0 fully saturated rings. The first-order chi connectivity index (χ1) is 7.22. The van der Waals surface area contributed by atoms with E-state index in [2.05, 4.69) is 20.6 Å². The fraction of sp³-hybridized carbons (Fsp3) is 0.556. The minimum Gasteiger partial charge on any atom is -0.490 e. The maximum absolute atomic E-state index is 8.92. The Labute approximate surface area is 88.7 Å². The van der Waals surface area contributed by atoms with Gasteiger partial charge in [0.25, 0.3) is 0 Å². The number of aromatic nitrogens is 2. The number of rotatable bonds is 5. The molecule has 0 saturated heterocycles. The lowest BCUT2D eigenvalue weighted by molar-refractivity contribution is 0.281. The van der Waals surface area contributed by atoms with Crippen molar-refractivity contribution in [2.45, 2.75) is 13.0 Å². The van der Waals surface area contributed by atoms with Crippen LogP contribution in [-0.4, -0.2) is 41.9 Å². The highest BCUT2D eigenvalue weighted by atomic mass is 16.5. The second-order valence-corrected chi connectivity index (χ2v) is 3.08. The Balaban J connectivity index is 2.95. The summed E-state index contributed by atoms with van der Waals surface area (Å²) in [5, 5.41) is 14.8. The molecule has 6 heteroatoms. The van der Waals surface area contributed by atoms with Gasteiger partial charge in [-0.05, 0) is 6.92 Å². The van der Waals surface area contributed by atoms with Crippen LogP contribution in [0.2, 0.25) is 0 Å². The Hall–Kier alpha value is -1.56. The van der Waals surface area contributed by atoms with Gasteiger partial charge in [0.05, 0.1) is 13.7 Å². The molecule has 0 saturated carbocycles. The van der Waals surface area contributed by atoms with Crippen molar-refractivity contribution in [2.75, 3.05) is 31.4 Å². The van der Waals surface area contributed by atoms with Crippen molar-refractivity contribution in [2.24, 2.45) is 0 Å². The van der Waals surface area contributed by atoms with Crippen LogP contribution in [0.3, 0.4) is 0 Å². The molecule has 3 N–H and O–H groups in total. The summed E-state index contributed by atoms with van der Waals surface area (Å²) in [6.07, 6.45) is 1.43. The molecule has 6 nitrogen and oxygen atoms in total. The molecule has 1 aromatic rings. The Kier molecular flexibility index (Phi) is 4.11. The number of hydrogen-bond donors (Lipinski definition) is 3. The second-order valence-electron chi connectivity index (χ2n) is 3.08. The standard InChI is InChI=1S/C9H16N4O2/c1-6(4-14)13-9-7(15-3)8(10-2)11-5-12-9/h5-6,14H,4H2,1-3H3,(H2,10,11,12,13). The largest absolute Gasteiger partial charge is 0.490 e. The molecule has 0 aliphatic carbocycles. The van der Waals surface area contributed by atoms with Gasteiger partial charge >= 0.3 is 0 Å². The highest BCUT2D eigenvalue weighted by Crippen LogP contribution is 2.28. The maximum Gasteiger partial charge on any atom is 0.204 e. The Bertz CT molecular complexity index is 319. The van der Waals surface area contributed by atoms with Crippen molar-refractivity contribution < 1.29 is 9.84 Å². The molecule has 0 amide bonds. The second kappa shape index (κ2) is 5.35. The topological polar surface area (TPSA) is 79.3 Å². The lowest BCUT2D eigenvalue weighted by Crippen LogP contribution is -2.20. The number of nitrogens with zero attached hydrogens (tertiary/aromatic N) is 2. The van der Waals surface area contributed by atoms with Gasteiger partial charge in [-0.3, -0.25) is 0 Å². The Morgan fingerprint density at radius 3 is 2.67 bits per heavy atom. The molecule has 84 valence electrons. The van der Waals surface area contributed by atoms with Gasteiger partial charge in [-0.15, -0.1) is 0 Å². The molecular formula is C9H16N4O2. The lowest BCUT2D eigenvalue weighted by Gasteiger charge is -2.15. The number of hydrogen-bond acceptors (Lipinski definition) is 6. The minimum absolute atomic E-state index is 0.0298. The summed E-state index contributed by atoms with van der Waals surface area (Å²) in [5.74, 6) is 1.72. The van der Waals surface area contributed by atoms with Gasteiger partial charge in [0.2, 0.25) is 5.75 Å². The van der Waals surface area contributed by atoms with Crippen molar-refractivity contribution in [3.8, 4) is 5.75 Å². The van der Waals surface area contributed by atoms with Crippen molar-refractivity contribution in [3.05, 3.63) is 6.33 Å². The predicted octanol–water partition coefficient (Wildman–Crippen LogP) is 0.320. The fourth-order valence-electron chi connectivity index (χ4n) is 1.13. The molecule has 1 aromatic heterocycles. The zero-order chi connectivity index (χ0) is 11.3. The van der Waals surface area contributed by atoms with Crippen LogP contribution in [0.4, 0.5) is 11.6 Å². The molecule has 0 bridgehead atoms. The van der Waals surface area contributed by atoms with E-state index in [9.17, 15) is 0 Å². The highest BCUT2D eigenvalue weighted by Gasteiger charge is 2.12. The lowest BCUT2D eigenvalue weighted by atomic mass is 10.3. The van der Waals surface area contributed by atoms with E-state index in [4.69, 9.17) is 9.84 Å². The smallest absolute Gasteiger partial charge is 0.204 e. The van der Waals surface area contributed by atoms with Crippen LogP contribution in [0.5, 0.6) is 5.75 Å². The Morgan fingerprint density at radius 1 is 1.47 bits per heavy atom. The first kappa shape index (κ1) is 11.5. The van der Waals surface area contributed by atoms with Crippen molar-refractivity contribution in [3.63, 3.8) is 0 Å². The van der Waals surface area contributed by atoms with E-state index in [0.717, 1.165) is 0 Å². The van der Waals surface area contributed by atoms with Gasteiger partial charge in [0.15, 0.2) is 11.6 Å². The zero-order valence-corrected chi connectivity index (χ0v) is 9.11. The van der Waals surface area contributed by atoms with Crippen LogP contribution in [0.15, 0.2) is 6.33 Å². The third-order valence-corrected chi connectivity index (χ3v) is 1.90. The number of methoxy groups -OCH3 is 1. The van der Waals surface area contributed by atoms with Crippen molar-refractivity contribution in [1.82, 2.24) is 9.97 Å². The molecule has 0 aromatic carbocycles.